The number of hydrogen-bond donors (Lipinski definition) is 2. The highest BCUT2D eigenvalue weighted by Crippen LogP contribution is 2.45. The summed E-state index contributed by atoms with van der Waals surface area (Å²) in [5.41, 5.74) is 7.57. The number of benzene rings is 1. The molecule has 0 amide bonds. The molecule has 1 fully saturated rings. The highest BCUT2D eigenvalue weighted by Gasteiger charge is 2.35. The van der Waals surface area contributed by atoms with E-state index in [4.69, 9.17) is 11.1 Å². The fourth-order valence-electron chi connectivity index (χ4n) is 4.28. The minimum absolute atomic E-state index is 0.0841. The molecule has 26 heavy (non-hydrogen) atoms. The first-order chi connectivity index (χ1) is 12.6. The molecule has 1 aliphatic rings. The molecule has 3 N–H and O–H groups in total. The summed E-state index contributed by atoms with van der Waals surface area (Å²) in [6.07, 6.45) is 14.5. The number of nitrogen functional groups attached to an aromatic ring is 1. The van der Waals surface area contributed by atoms with E-state index in [1.165, 1.54) is 50.5 Å². The lowest BCUT2D eigenvalue weighted by atomic mass is 9.67. The minimum Gasteiger partial charge on any atom is -0.384 e. The van der Waals surface area contributed by atoms with Crippen LogP contribution in [-0.4, -0.2) is 5.84 Å². The minimum atomic E-state index is -0.0841. The largest absolute Gasteiger partial charge is 0.384 e. The van der Waals surface area contributed by atoms with Crippen LogP contribution in [-0.2, 0) is 0 Å². The van der Waals surface area contributed by atoms with Gasteiger partial charge in [0.1, 0.15) is 5.84 Å². The fraction of sp³-hybridized carbons (Fsp3) is 0.652. The second kappa shape index (κ2) is 10.4. The summed E-state index contributed by atoms with van der Waals surface area (Å²) in [4.78, 5) is 0. The maximum atomic E-state index is 9.78. The average molecular weight is 354 g/mol. The molecule has 0 aromatic heterocycles. The topological polar surface area (TPSA) is 73.7 Å². The Kier molecular flexibility index (Phi) is 8.16. The van der Waals surface area contributed by atoms with E-state index in [9.17, 15) is 5.26 Å². The van der Waals surface area contributed by atoms with Gasteiger partial charge in [-0.2, -0.15) is 5.26 Å². The number of hydrogen-bond acceptors (Lipinski definition) is 2. The number of nitriles is 1. The van der Waals surface area contributed by atoms with Crippen LogP contribution in [0.2, 0.25) is 0 Å². The van der Waals surface area contributed by atoms with Crippen molar-refractivity contribution in [3.63, 3.8) is 0 Å². The zero-order chi connectivity index (χ0) is 18.8. The summed E-state index contributed by atoms with van der Waals surface area (Å²) in [5.74, 6) is 0.671. The second-order valence-corrected chi connectivity index (χ2v) is 8.07. The van der Waals surface area contributed by atoms with Gasteiger partial charge in [0.25, 0.3) is 0 Å². The van der Waals surface area contributed by atoms with Crippen molar-refractivity contribution in [1.82, 2.24) is 0 Å². The van der Waals surface area contributed by atoms with Gasteiger partial charge in [0.05, 0.1) is 11.5 Å². The van der Waals surface area contributed by atoms with E-state index in [1.54, 1.807) is 0 Å². The van der Waals surface area contributed by atoms with E-state index < -0.39 is 0 Å². The van der Waals surface area contributed by atoms with Crippen LogP contribution < -0.4 is 5.73 Å². The molecule has 0 heterocycles. The molecule has 3 heteroatoms. The summed E-state index contributed by atoms with van der Waals surface area (Å²) in [6.45, 7) is 2.25. The smallest absolute Gasteiger partial charge is 0.122 e. The molecular formula is C23H35N3. The molecule has 1 saturated carbocycles. The lowest BCUT2D eigenvalue weighted by Gasteiger charge is -2.35. The van der Waals surface area contributed by atoms with Gasteiger partial charge in [-0.15, -0.1) is 0 Å². The van der Waals surface area contributed by atoms with Crippen molar-refractivity contribution in [2.24, 2.45) is 11.1 Å². The van der Waals surface area contributed by atoms with E-state index in [1.807, 2.05) is 12.1 Å². The molecule has 142 valence electrons. The molecule has 0 atom stereocenters. The van der Waals surface area contributed by atoms with Crippen LogP contribution in [0.1, 0.15) is 101 Å². The first kappa shape index (κ1) is 20.5. The molecule has 0 saturated heterocycles. The third-order valence-corrected chi connectivity index (χ3v) is 6.13. The molecule has 0 aliphatic heterocycles. The van der Waals surface area contributed by atoms with Crippen LogP contribution in [0, 0.1) is 22.2 Å². The Morgan fingerprint density at radius 2 is 1.65 bits per heavy atom. The highest BCUT2D eigenvalue weighted by molar-refractivity contribution is 5.94. The zero-order valence-electron chi connectivity index (χ0n) is 16.4. The van der Waals surface area contributed by atoms with Crippen molar-refractivity contribution in [2.45, 2.75) is 89.9 Å². The van der Waals surface area contributed by atoms with E-state index in [-0.39, 0.29) is 11.3 Å². The van der Waals surface area contributed by atoms with E-state index in [0.29, 0.717) is 5.92 Å². The summed E-state index contributed by atoms with van der Waals surface area (Å²) < 4.78 is 0. The van der Waals surface area contributed by atoms with Gasteiger partial charge in [0, 0.05) is 5.56 Å². The molecule has 1 aromatic carbocycles. The molecule has 1 aliphatic carbocycles. The van der Waals surface area contributed by atoms with Crippen molar-refractivity contribution >= 4 is 5.84 Å². The molecule has 0 unspecified atom stereocenters. The summed E-state index contributed by atoms with van der Waals surface area (Å²) in [6, 6.07) is 10.8. The van der Waals surface area contributed by atoms with Crippen molar-refractivity contribution in [3.05, 3.63) is 35.4 Å². The van der Waals surface area contributed by atoms with Gasteiger partial charge in [-0.3, -0.25) is 5.41 Å². The van der Waals surface area contributed by atoms with Gasteiger partial charge in [0.2, 0.25) is 0 Å². The fourth-order valence-corrected chi connectivity index (χ4v) is 4.28. The van der Waals surface area contributed by atoms with Gasteiger partial charge in [-0.05, 0) is 43.6 Å². The predicted molar refractivity (Wildman–Crippen MR) is 109 cm³/mol. The molecule has 0 bridgehead atoms. The molecule has 1 aromatic rings. The van der Waals surface area contributed by atoms with Crippen molar-refractivity contribution < 1.29 is 0 Å². The number of nitrogens with zero attached hydrogens (tertiary/aromatic N) is 1. The Hall–Kier alpha value is -1.82. The van der Waals surface area contributed by atoms with Crippen LogP contribution in [0.4, 0.5) is 0 Å². The number of nitrogens with two attached hydrogens (primary N) is 1. The van der Waals surface area contributed by atoms with E-state index in [0.717, 1.165) is 37.7 Å². The predicted octanol–water partition coefficient (Wildman–Crippen LogP) is 6.28. The van der Waals surface area contributed by atoms with E-state index >= 15 is 0 Å². The van der Waals surface area contributed by atoms with Gasteiger partial charge in [-0.25, -0.2) is 0 Å². The van der Waals surface area contributed by atoms with Crippen molar-refractivity contribution in [2.75, 3.05) is 0 Å². The van der Waals surface area contributed by atoms with Crippen LogP contribution in [0.25, 0.3) is 0 Å². The maximum Gasteiger partial charge on any atom is 0.122 e. The standard InChI is InChI=1S/C23H35N3/c1-2-3-4-5-6-7-8-15-23(18-24)16-13-20(14-17-23)19-9-11-21(12-10-19)22(25)26/h9-12,20H,2-8,13-17H2,1H3,(H3,25,26). The van der Waals surface area contributed by atoms with Crippen LogP contribution in [0.5, 0.6) is 0 Å². The summed E-state index contributed by atoms with van der Waals surface area (Å²) in [7, 11) is 0. The Morgan fingerprint density at radius 1 is 1.08 bits per heavy atom. The van der Waals surface area contributed by atoms with Crippen LogP contribution >= 0.6 is 0 Å². The number of rotatable bonds is 10. The highest BCUT2D eigenvalue weighted by atomic mass is 14.7. The third-order valence-electron chi connectivity index (χ3n) is 6.13. The Bertz CT molecular complexity index is 589. The monoisotopic (exact) mass is 353 g/mol. The zero-order valence-corrected chi connectivity index (χ0v) is 16.4. The van der Waals surface area contributed by atoms with Gasteiger partial charge in [-0.1, -0.05) is 76.1 Å². The van der Waals surface area contributed by atoms with Crippen LogP contribution in [0.15, 0.2) is 24.3 Å². The van der Waals surface area contributed by atoms with E-state index in [2.05, 4.69) is 25.1 Å². The molecule has 0 spiro atoms. The molecular weight excluding hydrogens is 318 g/mol. The van der Waals surface area contributed by atoms with Gasteiger partial charge in [0.15, 0.2) is 0 Å². The van der Waals surface area contributed by atoms with Gasteiger partial charge < -0.3 is 5.73 Å². The number of amidine groups is 1. The van der Waals surface area contributed by atoms with Crippen molar-refractivity contribution in [3.8, 4) is 6.07 Å². The lowest BCUT2D eigenvalue weighted by molar-refractivity contribution is 0.222. The van der Waals surface area contributed by atoms with Crippen molar-refractivity contribution in [1.29, 1.82) is 10.7 Å². The SMILES string of the molecule is CCCCCCCCCC1(C#N)CCC(c2ccc(C(=N)N)cc2)CC1. The first-order valence-electron chi connectivity index (χ1n) is 10.5. The Morgan fingerprint density at radius 3 is 2.19 bits per heavy atom. The Labute approximate surface area is 159 Å². The molecule has 0 radical (unpaired) electrons. The quantitative estimate of drug-likeness (QED) is 0.295. The Balaban J connectivity index is 1.77. The molecule has 3 nitrogen and oxygen atoms in total. The third kappa shape index (κ3) is 5.87. The first-order valence-corrected chi connectivity index (χ1v) is 10.5. The lowest BCUT2D eigenvalue weighted by Crippen LogP contribution is -2.25. The summed E-state index contributed by atoms with van der Waals surface area (Å²) in [5, 5.41) is 17.3. The average Bonchev–Trinajstić information content (AvgIpc) is 2.68. The van der Waals surface area contributed by atoms with Gasteiger partial charge >= 0.3 is 0 Å². The summed E-state index contributed by atoms with van der Waals surface area (Å²) >= 11 is 0. The van der Waals surface area contributed by atoms with Crippen LogP contribution in [0.3, 0.4) is 0 Å². The molecule has 2 rings (SSSR count). The normalized spacial score (nSPS) is 22.7. The second-order valence-electron chi connectivity index (χ2n) is 8.07. The maximum absolute atomic E-state index is 9.78. The number of nitrogens with one attached hydrogen (secondary N) is 1. The number of unbranched alkanes of at least 4 members (excludes halogenated alkanes) is 6.